The van der Waals surface area contributed by atoms with E-state index in [1.165, 1.54) is 20.8 Å². The number of rotatable bonds is 28. The van der Waals surface area contributed by atoms with Crippen LogP contribution in [0, 0.1) is 0 Å². The molecule has 0 aromatic heterocycles. The lowest BCUT2D eigenvalue weighted by molar-refractivity contribution is -0.313. The van der Waals surface area contributed by atoms with Crippen LogP contribution in [-0.4, -0.2) is 96.9 Å². The molecule has 0 aliphatic carbocycles. The Labute approximate surface area is 432 Å². The summed E-state index contributed by atoms with van der Waals surface area (Å²) in [6.45, 7) is 4.78. The molecular formula is C57H68N6O11. The van der Waals surface area contributed by atoms with Gasteiger partial charge in [0, 0.05) is 19.0 Å². The zero-order valence-corrected chi connectivity index (χ0v) is 42.1. The summed E-state index contributed by atoms with van der Waals surface area (Å²) in [5, 5.41) is 13.8. The molecule has 6 rings (SSSR count). The first-order chi connectivity index (χ1) is 35.8. The Kier molecular flexibility index (Phi) is 21.8. The average molecular weight is 1010 g/mol. The van der Waals surface area contributed by atoms with Crippen molar-refractivity contribution < 1.29 is 52.5 Å². The van der Waals surface area contributed by atoms with Gasteiger partial charge in [-0.1, -0.05) is 140 Å². The van der Waals surface area contributed by atoms with Crippen LogP contribution in [-0.2, 0) is 74.1 Å². The van der Waals surface area contributed by atoms with Crippen molar-refractivity contribution in [2.45, 2.75) is 121 Å². The van der Waals surface area contributed by atoms with Crippen LogP contribution in [0.25, 0.3) is 0 Å². The molecule has 0 unspecified atom stereocenters. The average Bonchev–Trinajstić information content (AvgIpc) is 3.40. The molecule has 6 amide bonds. The van der Waals surface area contributed by atoms with Gasteiger partial charge in [0.1, 0.15) is 42.5 Å². The largest absolute Gasteiger partial charge is 0.374 e. The monoisotopic (exact) mass is 1010 g/mol. The molecule has 0 bridgehead atoms. The van der Waals surface area contributed by atoms with Crippen molar-refractivity contribution >= 4 is 35.4 Å². The molecule has 17 nitrogen and oxygen atoms in total. The first-order valence-corrected chi connectivity index (χ1v) is 24.9. The smallest absolute Gasteiger partial charge is 0.253 e. The molecule has 1 fully saturated rings. The number of hydrogen-bond donors (Lipinski definition) is 6. The topological polar surface area (TPSA) is 235 Å². The van der Waals surface area contributed by atoms with Crippen LogP contribution < -0.4 is 32.3 Å². The SMILES string of the molecule is CC(=O)N[C@@H](C)C(=O)N[C@@H](CCCCNC(=O)C[C@]1(NC(=O)c2ccccc2)O[C@H](COCc2ccccc2)[C@H](OCc2ccccc2)[C@H](OCc2ccccc2)[C@H]1OCc1ccccc1)C(=O)N[C@@H](C)C(N)=O. The first-order valence-electron chi connectivity index (χ1n) is 24.9. The predicted octanol–water partition coefficient (Wildman–Crippen LogP) is 5.16. The summed E-state index contributed by atoms with van der Waals surface area (Å²) in [7, 11) is 0. The fraction of sp³-hybridized carbons (Fsp3) is 0.368. The van der Waals surface area contributed by atoms with E-state index in [1.54, 1.807) is 30.3 Å². The quantitative estimate of drug-likeness (QED) is 0.0358. The van der Waals surface area contributed by atoms with Crippen molar-refractivity contribution in [3.8, 4) is 0 Å². The standard InChI is InChI=1S/C57H68N6O11/c1-39(53(58)66)61-56(69)47(62-54(67)40(2)60-41(3)64)31-19-20-32-59-49(65)33-57(63-55(68)46-29-17-8-18-30-46)52(73-37-45-27-15-7-16-28-45)51(72-36-44-25-13-6-14-26-44)50(71-35-43-23-11-5-12-24-43)48(74-57)38-70-34-42-21-9-4-10-22-42/h4-18,21-30,39-40,47-48,50-52H,19-20,31-38H2,1-3H3,(H2,58,66)(H,59,65)(H,60,64)(H,61,69)(H,62,67)(H,63,68)/t39-,40-,47-,48+,50-,51-,52+,57-/m0/s1. The zero-order valence-electron chi connectivity index (χ0n) is 42.1. The lowest BCUT2D eigenvalue weighted by atomic mass is 9.86. The number of hydrogen-bond acceptors (Lipinski definition) is 11. The molecule has 1 aliphatic rings. The molecule has 0 spiro atoms. The summed E-state index contributed by atoms with van der Waals surface area (Å²) in [4.78, 5) is 79.0. The molecule has 392 valence electrons. The van der Waals surface area contributed by atoms with Gasteiger partial charge in [0.2, 0.25) is 29.5 Å². The van der Waals surface area contributed by atoms with Crippen LogP contribution in [0.3, 0.4) is 0 Å². The maximum Gasteiger partial charge on any atom is 0.253 e. The fourth-order valence-electron chi connectivity index (χ4n) is 8.42. The van der Waals surface area contributed by atoms with Gasteiger partial charge in [-0.3, -0.25) is 28.8 Å². The van der Waals surface area contributed by atoms with Crippen molar-refractivity contribution in [1.82, 2.24) is 26.6 Å². The van der Waals surface area contributed by atoms with Crippen molar-refractivity contribution in [2.75, 3.05) is 13.2 Å². The summed E-state index contributed by atoms with van der Waals surface area (Å²) in [6, 6.07) is 43.9. The maximum absolute atomic E-state index is 14.6. The van der Waals surface area contributed by atoms with Crippen LogP contribution in [0.4, 0.5) is 0 Å². The third kappa shape index (κ3) is 17.4. The van der Waals surface area contributed by atoms with E-state index in [1.807, 2.05) is 121 Å². The van der Waals surface area contributed by atoms with Gasteiger partial charge in [0.25, 0.3) is 5.91 Å². The highest BCUT2D eigenvalue weighted by atomic mass is 16.6. The highest BCUT2D eigenvalue weighted by Crippen LogP contribution is 2.38. The third-order valence-corrected chi connectivity index (χ3v) is 12.3. The molecule has 7 N–H and O–H groups in total. The highest BCUT2D eigenvalue weighted by Gasteiger charge is 2.58. The van der Waals surface area contributed by atoms with E-state index in [2.05, 4.69) is 26.6 Å². The predicted molar refractivity (Wildman–Crippen MR) is 276 cm³/mol. The van der Waals surface area contributed by atoms with Gasteiger partial charge in [-0.15, -0.1) is 0 Å². The van der Waals surface area contributed by atoms with Gasteiger partial charge in [0.05, 0.1) is 39.5 Å². The number of amides is 6. The van der Waals surface area contributed by atoms with E-state index in [-0.39, 0.29) is 46.0 Å². The molecule has 8 atom stereocenters. The molecule has 74 heavy (non-hydrogen) atoms. The minimum atomic E-state index is -1.92. The second kappa shape index (κ2) is 28.8. The van der Waals surface area contributed by atoms with Crippen LogP contribution in [0.1, 0.15) is 79.1 Å². The molecule has 1 aliphatic heterocycles. The second-order valence-corrected chi connectivity index (χ2v) is 18.2. The molecule has 0 saturated carbocycles. The number of primary amides is 1. The fourth-order valence-corrected chi connectivity index (χ4v) is 8.42. The molecule has 17 heteroatoms. The number of benzene rings is 5. The lowest BCUT2D eigenvalue weighted by Gasteiger charge is -2.52. The van der Waals surface area contributed by atoms with E-state index in [0.717, 1.165) is 22.3 Å². The number of carbonyl (C=O) groups is 6. The lowest BCUT2D eigenvalue weighted by Crippen LogP contribution is -2.73. The number of nitrogens with one attached hydrogen (secondary N) is 5. The van der Waals surface area contributed by atoms with E-state index >= 15 is 0 Å². The van der Waals surface area contributed by atoms with E-state index < -0.39 is 90.1 Å². The Morgan fingerprint density at radius 1 is 0.595 bits per heavy atom. The summed E-state index contributed by atoms with van der Waals surface area (Å²) < 4.78 is 34.3. The second-order valence-electron chi connectivity index (χ2n) is 18.2. The van der Waals surface area contributed by atoms with Crippen LogP contribution in [0.15, 0.2) is 152 Å². The van der Waals surface area contributed by atoms with Gasteiger partial charge < -0.3 is 56.0 Å². The maximum atomic E-state index is 14.6. The van der Waals surface area contributed by atoms with Crippen molar-refractivity contribution in [3.63, 3.8) is 0 Å². The molecule has 5 aromatic rings. The molecule has 0 radical (unpaired) electrons. The highest BCUT2D eigenvalue weighted by molar-refractivity contribution is 5.95. The normalized spacial score (nSPS) is 19.4. The summed E-state index contributed by atoms with van der Waals surface area (Å²) in [5.74, 6) is -3.50. The Hall–Kier alpha value is -7.28. The van der Waals surface area contributed by atoms with E-state index in [0.29, 0.717) is 18.4 Å². The number of ether oxygens (including phenoxy) is 5. The van der Waals surface area contributed by atoms with Gasteiger partial charge in [-0.05, 0) is 67.5 Å². The molecule has 1 saturated heterocycles. The summed E-state index contributed by atoms with van der Waals surface area (Å²) in [5.41, 5.74) is 7.26. The van der Waals surface area contributed by atoms with Gasteiger partial charge in [0.15, 0.2) is 5.72 Å². The van der Waals surface area contributed by atoms with Gasteiger partial charge in [-0.2, -0.15) is 0 Å². The van der Waals surface area contributed by atoms with Crippen molar-refractivity contribution in [1.29, 1.82) is 0 Å². The van der Waals surface area contributed by atoms with Crippen LogP contribution in [0.2, 0.25) is 0 Å². The van der Waals surface area contributed by atoms with Gasteiger partial charge in [-0.25, -0.2) is 0 Å². The summed E-state index contributed by atoms with van der Waals surface area (Å²) in [6.07, 6.45) is -3.70. The Morgan fingerprint density at radius 3 is 1.62 bits per heavy atom. The zero-order chi connectivity index (χ0) is 52.7. The van der Waals surface area contributed by atoms with Crippen molar-refractivity contribution in [3.05, 3.63) is 179 Å². The summed E-state index contributed by atoms with van der Waals surface area (Å²) >= 11 is 0. The number of unbranched alkanes of at least 4 members (excludes halogenated alkanes) is 1. The minimum absolute atomic E-state index is 0.0391. The van der Waals surface area contributed by atoms with Gasteiger partial charge >= 0.3 is 0 Å². The third-order valence-electron chi connectivity index (χ3n) is 12.3. The van der Waals surface area contributed by atoms with E-state index in [9.17, 15) is 28.8 Å². The molecular weight excluding hydrogens is 945 g/mol. The minimum Gasteiger partial charge on any atom is -0.374 e. The van der Waals surface area contributed by atoms with Crippen LogP contribution in [0.5, 0.6) is 0 Å². The Morgan fingerprint density at radius 2 is 1.09 bits per heavy atom. The van der Waals surface area contributed by atoms with Crippen molar-refractivity contribution in [2.24, 2.45) is 5.73 Å². The van der Waals surface area contributed by atoms with E-state index in [4.69, 9.17) is 29.4 Å². The molecule has 5 aromatic carbocycles. The van der Waals surface area contributed by atoms with Crippen LogP contribution >= 0.6 is 0 Å². The number of nitrogens with two attached hydrogens (primary N) is 1. The number of carbonyl (C=O) groups excluding carboxylic acids is 6. The molecule has 1 heterocycles. The first kappa shape index (κ1) is 56.0. The Balaban J connectivity index is 1.33. The Bertz CT molecular complexity index is 2550.